The van der Waals surface area contributed by atoms with Crippen molar-refractivity contribution in [3.63, 3.8) is 0 Å². The normalized spacial score (nSPS) is 17.3. The number of unbranched alkanes of at least 4 members (excludes halogenated alkanes) is 1. The van der Waals surface area contributed by atoms with Gasteiger partial charge in [-0.3, -0.25) is 4.79 Å². The number of fused-ring (bicyclic) bond motifs is 1. The minimum Gasteiger partial charge on any atom is -0.480 e. The first-order valence-corrected chi connectivity index (χ1v) is 12.7. The Morgan fingerprint density at radius 1 is 1.12 bits per heavy atom. The molecule has 2 aromatic carbocycles. The lowest BCUT2D eigenvalue weighted by Gasteiger charge is -2.36. The van der Waals surface area contributed by atoms with Gasteiger partial charge in [0, 0.05) is 6.54 Å². The summed E-state index contributed by atoms with van der Waals surface area (Å²) in [7, 11) is -4.02. The molecule has 2 aromatic rings. The second kappa shape index (κ2) is 10.1. The van der Waals surface area contributed by atoms with E-state index < -0.39 is 34.0 Å². The minimum absolute atomic E-state index is 0.0516. The van der Waals surface area contributed by atoms with Gasteiger partial charge in [-0.15, -0.1) is 0 Å². The van der Waals surface area contributed by atoms with Crippen LogP contribution in [0.3, 0.4) is 0 Å². The molecule has 1 aliphatic heterocycles. The van der Waals surface area contributed by atoms with Crippen LogP contribution in [-0.2, 0) is 32.6 Å². The highest BCUT2D eigenvalue weighted by Crippen LogP contribution is 2.32. The standard InChI is InChI=1S/C25H32N2O5S/c1-5-6-11-21(25(29)30)26-24(28)22-14-19-9-7-8-10-20(19)15-27(22)33(31,32)23-17(3)12-16(2)13-18(23)4/h7-10,12-13,21-22H,5-6,11,14-15H2,1-4H3,(H,26,28)(H,29,30)/t21?,22-/m0/s1. The van der Waals surface area contributed by atoms with Crippen LogP contribution in [0.4, 0.5) is 0 Å². The Morgan fingerprint density at radius 3 is 2.30 bits per heavy atom. The lowest BCUT2D eigenvalue weighted by atomic mass is 9.95. The predicted octanol–water partition coefficient (Wildman–Crippen LogP) is 3.49. The van der Waals surface area contributed by atoms with Gasteiger partial charge in [-0.05, 0) is 55.9 Å². The molecule has 7 nitrogen and oxygen atoms in total. The number of hydrogen-bond donors (Lipinski definition) is 2. The highest BCUT2D eigenvalue weighted by Gasteiger charge is 2.41. The zero-order chi connectivity index (χ0) is 24.3. The smallest absolute Gasteiger partial charge is 0.326 e. The van der Waals surface area contributed by atoms with Crippen molar-refractivity contribution in [2.24, 2.45) is 0 Å². The van der Waals surface area contributed by atoms with Gasteiger partial charge in [-0.25, -0.2) is 13.2 Å². The summed E-state index contributed by atoms with van der Waals surface area (Å²) in [5, 5.41) is 12.2. The van der Waals surface area contributed by atoms with Gasteiger partial charge in [0.05, 0.1) is 4.90 Å². The number of carboxylic acids is 1. The second-order valence-corrected chi connectivity index (χ2v) is 10.6. The molecule has 33 heavy (non-hydrogen) atoms. The number of amides is 1. The predicted molar refractivity (Wildman–Crippen MR) is 126 cm³/mol. The number of nitrogens with one attached hydrogen (secondary N) is 1. The summed E-state index contributed by atoms with van der Waals surface area (Å²) in [6.07, 6.45) is 1.92. The lowest BCUT2D eigenvalue weighted by Crippen LogP contribution is -2.55. The quantitative estimate of drug-likeness (QED) is 0.612. The Bertz CT molecular complexity index is 1140. The molecule has 1 aliphatic rings. The average Bonchev–Trinajstić information content (AvgIpc) is 2.74. The number of carbonyl (C=O) groups excluding carboxylic acids is 1. The van der Waals surface area contributed by atoms with Crippen LogP contribution in [0.15, 0.2) is 41.3 Å². The number of nitrogens with zero attached hydrogens (tertiary/aromatic N) is 1. The van der Waals surface area contributed by atoms with Gasteiger partial charge in [0.2, 0.25) is 15.9 Å². The van der Waals surface area contributed by atoms with Crippen molar-refractivity contribution in [1.29, 1.82) is 0 Å². The summed E-state index contributed by atoms with van der Waals surface area (Å²) in [6, 6.07) is 8.99. The topological polar surface area (TPSA) is 104 Å². The molecule has 1 unspecified atom stereocenters. The van der Waals surface area contributed by atoms with Crippen LogP contribution in [0.1, 0.15) is 54.0 Å². The van der Waals surface area contributed by atoms with Gasteiger partial charge in [-0.2, -0.15) is 4.31 Å². The fraction of sp³-hybridized carbons (Fsp3) is 0.440. The van der Waals surface area contributed by atoms with Gasteiger partial charge in [0.15, 0.2) is 0 Å². The molecule has 2 N–H and O–H groups in total. The number of aliphatic carboxylic acids is 1. The average molecular weight is 473 g/mol. The lowest BCUT2D eigenvalue weighted by molar-refractivity contribution is -0.142. The van der Waals surface area contributed by atoms with E-state index >= 15 is 0 Å². The van der Waals surface area contributed by atoms with E-state index in [1.165, 1.54) is 4.31 Å². The largest absolute Gasteiger partial charge is 0.480 e. The molecule has 2 atom stereocenters. The molecule has 0 aromatic heterocycles. The maximum Gasteiger partial charge on any atom is 0.326 e. The van der Waals surface area contributed by atoms with Crippen molar-refractivity contribution in [1.82, 2.24) is 9.62 Å². The van der Waals surface area contributed by atoms with Crippen molar-refractivity contribution < 1.29 is 23.1 Å². The number of carbonyl (C=O) groups is 2. The third kappa shape index (κ3) is 5.28. The first kappa shape index (κ1) is 24.9. The van der Waals surface area contributed by atoms with Gasteiger partial charge >= 0.3 is 5.97 Å². The SMILES string of the molecule is CCCCC(NC(=O)[C@@H]1Cc2ccccc2CN1S(=O)(=O)c1c(C)cc(C)cc1C)C(=O)O. The molecule has 178 valence electrons. The first-order valence-electron chi connectivity index (χ1n) is 11.3. The summed E-state index contributed by atoms with van der Waals surface area (Å²) in [4.78, 5) is 25.2. The van der Waals surface area contributed by atoms with E-state index in [1.54, 1.807) is 13.8 Å². The molecule has 0 aliphatic carbocycles. The van der Waals surface area contributed by atoms with Gasteiger partial charge in [-0.1, -0.05) is 61.7 Å². The molecule has 0 bridgehead atoms. The number of sulfonamides is 1. The number of hydrogen-bond acceptors (Lipinski definition) is 4. The van der Waals surface area contributed by atoms with Crippen molar-refractivity contribution in [2.45, 2.75) is 76.9 Å². The number of aryl methyl sites for hydroxylation is 3. The van der Waals surface area contributed by atoms with Crippen molar-refractivity contribution in [2.75, 3.05) is 0 Å². The molecule has 0 saturated carbocycles. The van der Waals surface area contributed by atoms with E-state index in [-0.39, 0.29) is 17.9 Å². The second-order valence-electron chi connectivity index (χ2n) is 8.81. The van der Waals surface area contributed by atoms with E-state index in [2.05, 4.69) is 5.32 Å². The Morgan fingerprint density at radius 2 is 1.73 bits per heavy atom. The molecular formula is C25H32N2O5S. The zero-order valence-corrected chi connectivity index (χ0v) is 20.4. The molecule has 3 rings (SSSR count). The van der Waals surface area contributed by atoms with E-state index in [9.17, 15) is 23.1 Å². The van der Waals surface area contributed by atoms with Crippen LogP contribution in [0.25, 0.3) is 0 Å². The third-order valence-corrected chi connectivity index (χ3v) is 8.30. The summed E-state index contributed by atoms with van der Waals surface area (Å²) in [6.45, 7) is 7.41. The summed E-state index contributed by atoms with van der Waals surface area (Å²) >= 11 is 0. The number of rotatable bonds is 8. The van der Waals surface area contributed by atoms with Crippen LogP contribution in [0.5, 0.6) is 0 Å². The maximum absolute atomic E-state index is 13.9. The van der Waals surface area contributed by atoms with Crippen molar-refractivity contribution in [3.8, 4) is 0 Å². The monoisotopic (exact) mass is 472 g/mol. The van der Waals surface area contributed by atoms with E-state index in [1.807, 2.05) is 50.2 Å². The van der Waals surface area contributed by atoms with E-state index in [4.69, 9.17) is 0 Å². The molecule has 0 spiro atoms. The molecule has 0 radical (unpaired) electrons. The zero-order valence-electron chi connectivity index (χ0n) is 19.6. The third-order valence-electron chi connectivity index (χ3n) is 6.14. The van der Waals surface area contributed by atoms with Crippen LogP contribution in [-0.4, -0.2) is 41.8 Å². The Kier molecular flexibility index (Phi) is 7.59. The maximum atomic E-state index is 13.9. The molecule has 0 saturated heterocycles. The summed E-state index contributed by atoms with van der Waals surface area (Å²) in [5.74, 6) is -1.70. The van der Waals surface area contributed by atoms with Crippen molar-refractivity contribution >= 4 is 21.9 Å². The number of benzene rings is 2. The fourth-order valence-electron chi connectivity index (χ4n) is 4.60. The fourth-order valence-corrected chi connectivity index (χ4v) is 6.58. The van der Waals surface area contributed by atoms with Crippen molar-refractivity contribution in [3.05, 3.63) is 64.2 Å². The summed E-state index contributed by atoms with van der Waals surface area (Å²) in [5.41, 5.74) is 3.94. The van der Waals surface area contributed by atoms with Crippen LogP contribution >= 0.6 is 0 Å². The first-order chi connectivity index (χ1) is 15.6. The molecule has 1 amide bonds. The highest BCUT2D eigenvalue weighted by atomic mass is 32.2. The van der Waals surface area contributed by atoms with E-state index in [0.717, 1.165) is 23.1 Å². The van der Waals surface area contributed by atoms with Crippen LogP contribution < -0.4 is 5.32 Å². The van der Waals surface area contributed by atoms with Gasteiger partial charge < -0.3 is 10.4 Å². The Hall–Kier alpha value is -2.71. The van der Waals surface area contributed by atoms with Crippen LogP contribution in [0.2, 0.25) is 0 Å². The minimum atomic E-state index is -4.02. The van der Waals surface area contributed by atoms with E-state index in [0.29, 0.717) is 24.0 Å². The molecule has 8 heteroatoms. The summed E-state index contributed by atoms with van der Waals surface area (Å²) < 4.78 is 29.0. The van der Waals surface area contributed by atoms with Crippen LogP contribution in [0, 0.1) is 20.8 Å². The molecular weight excluding hydrogens is 440 g/mol. The highest BCUT2D eigenvalue weighted by molar-refractivity contribution is 7.89. The Labute approximate surface area is 195 Å². The molecule has 0 fully saturated rings. The van der Waals surface area contributed by atoms with Gasteiger partial charge in [0.25, 0.3) is 0 Å². The van der Waals surface area contributed by atoms with Gasteiger partial charge in [0.1, 0.15) is 12.1 Å². The number of carboxylic acid groups (broad SMARTS) is 1. The Balaban J connectivity index is 2.03. The molecule has 1 heterocycles.